The number of thiazole rings is 1. The highest BCUT2D eigenvalue weighted by Gasteiger charge is 2.08. The molecular formula is C13H15N3O2S. The van der Waals surface area contributed by atoms with Crippen molar-refractivity contribution in [1.29, 1.82) is 0 Å². The SMILES string of the molecule is CCOC(=O)Cc1csc(Nc2ccc(C)nc2)n1. The first-order valence-corrected chi connectivity index (χ1v) is 6.85. The Labute approximate surface area is 115 Å². The number of ether oxygens (including phenoxy) is 1. The number of rotatable bonds is 5. The second-order valence-corrected chi connectivity index (χ2v) is 4.80. The number of aryl methyl sites for hydroxylation is 1. The van der Waals surface area contributed by atoms with Gasteiger partial charge in [-0.2, -0.15) is 0 Å². The number of nitrogens with zero attached hydrogens (tertiary/aromatic N) is 2. The number of hydrogen-bond donors (Lipinski definition) is 1. The molecule has 0 unspecified atom stereocenters. The molecule has 0 aliphatic carbocycles. The third-order valence-corrected chi connectivity index (χ3v) is 3.15. The van der Waals surface area contributed by atoms with Crippen molar-refractivity contribution < 1.29 is 9.53 Å². The molecule has 2 aromatic heterocycles. The third-order valence-electron chi connectivity index (χ3n) is 2.35. The summed E-state index contributed by atoms with van der Waals surface area (Å²) >= 11 is 1.45. The van der Waals surface area contributed by atoms with Gasteiger partial charge in [0.25, 0.3) is 0 Å². The number of nitrogens with one attached hydrogen (secondary N) is 1. The minimum absolute atomic E-state index is 0.207. The summed E-state index contributed by atoms with van der Waals surface area (Å²) in [5.74, 6) is -0.253. The quantitative estimate of drug-likeness (QED) is 0.851. The van der Waals surface area contributed by atoms with Crippen molar-refractivity contribution in [3.63, 3.8) is 0 Å². The number of pyridine rings is 1. The van der Waals surface area contributed by atoms with Crippen LogP contribution in [0.1, 0.15) is 18.3 Å². The van der Waals surface area contributed by atoms with Crippen LogP contribution in [0, 0.1) is 6.92 Å². The summed E-state index contributed by atoms with van der Waals surface area (Å²) in [4.78, 5) is 19.9. The van der Waals surface area contributed by atoms with Gasteiger partial charge in [0.1, 0.15) is 0 Å². The minimum Gasteiger partial charge on any atom is -0.466 e. The van der Waals surface area contributed by atoms with Gasteiger partial charge in [0, 0.05) is 11.1 Å². The number of esters is 1. The Bertz CT molecular complexity index is 551. The van der Waals surface area contributed by atoms with Gasteiger partial charge >= 0.3 is 5.97 Å². The molecule has 19 heavy (non-hydrogen) atoms. The Kier molecular flexibility index (Phi) is 4.46. The van der Waals surface area contributed by atoms with Crippen LogP contribution in [0.2, 0.25) is 0 Å². The van der Waals surface area contributed by atoms with Gasteiger partial charge in [-0.1, -0.05) is 0 Å². The molecule has 100 valence electrons. The lowest BCUT2D eigenvalue weighted by molar-refractivity contribution is -0.142. The molecule has 5 nitrogen and oxygen atoms in total. The Balaban J connectivity index is 1.97. The standard InChI is InChI=1S/C13H15N3O2S/c1-3-18-12(17)6-11-8-19-13(16-11)15-10-5-4-9(2)14-7-10/h4-5,7-8H,3,6H2,1-2H3,(H,15,16). The average Bonchev–Trinajstić information content (AvgIpc) is 2.80. The molecule has 6 heteroatoms. The van der Waals surface area contributed by atoms with Crippen molar-refractivity contribution in [2.45, 2.75) is 20.3 Å². The highest BCUT2D eigenvalue weighted by molar-refractivity contribution is 7.13. The largest absolute Gasteiger partial charge is 0.466 e. The van der Waals surface area contributed by atoms with Crippen molar-refractivity contribution in [3.8, 4) is 0 Å². The summed E-state index contributed by atoms with van der Waals surface area (Å²) in [6.07, 6.45) is 1.96. The van der Waals surface area contributed by atoms with E-state index in [1.54, 1.807) is 13.1 Å². The molecule has 2 aromatic rings. The topological polar surface area (TPSA) is 64.1 Å². The van der Waals surface area contributed by atoms with Gasteiger partial charge in [0.15, 0.2) is 5.13 Å². The summed E-state index contributed by atoms with van der Waals surface area (Å²) in [6, 6.07) is 3.87. The first-order chi connectivity index (χ1) is 9.17. The van der Waals surface area contributed by atoms with Crippen LogP contribution >= 0.6 is 11.3 Å². The third kappa shape index (κ3) is 4.03. The minimum atomic E-state index is -0.253. The summed E-state index contributed by atoms with van der Waals surface area (Å²) in [5, 5.41) is 5.74. The van der Waals surface area contributed by atoms with Gasteiger partial charge in [-0.3, -0.25) is 9.78 Å². The second-order valence-electron chi connectivity index (χ2n) is 3.94. The molecule has 0 spiro atoms. The summed E-state index contributed by atoms with van der Waals surface area (Å²) in [6.45, 7) is 4.12. The van der Waals surface area contributed by atoms with Crippen LogP contribution in [0.4, 0.5) is 10.8 Å². The van der Waals surface area contributed by atoms with E-state index < -0.39 is 0 Å². The van der Waals surface area contributed by atoms with E-state index in [-0.39, 0.29) is 12.4 Å². The van der Waals surface area contributed by atoms with Crippen LogP contribution in [0.3, 0.4) is 0 Å². The molecule has 0 amide bonds. The molecular weight excluding hydrogens is 262 g/mol. The van der Waals surface area contributed by atoms with Crippen LogP contribution in [0.15, 0.2) is 23.7 Å². The van der Waals surface area contributed by atoms with E-state index in [9.17, 15) is 4.79 Å². The molecule has 0 aromatic carbocycles. The fourth-order valence-electron chi connectivity index (χ4n) is 1.47. The maximum atomic E-state index is 11.3. The lowest BCUT2D eigenvalue weighted by atomic mass is 10.3. The number of aromatic nitrogens is 2. The van der Waals surface area contributed by atoms with Gasteiger partial charge in [-0.25, -0.2) is 4.98 Å². The zero-order valence-corrected chi connectivity index (χ0v) is 11.7. The van der Waals surface area contributed by atoms with E-state index in [4.69, 9.17) is 4.74 Å². The second kappa shape index (κ2) is 6.29. The van der Waals surface area contributed by atoms with Crippen LogP contribution in [-0.4, -0.2) is 22.5 Å². The Morgan fingerprint density at radius 2 is 2.32 bits per heavy atom. The number of anilines is 2. The Morgan fingerprint density at radius 1 is 1.47 bits per heavy atom. The maximum Gasteiger partial charge on any atom is 0.311 e. The van der Waals surface area contributed by atoms with E-state index in [1.807, 2.05) is 24.4 Å². The molecule has 0 radical (unpaired) electrons. The van der Waals surface area contributed by atoms with Gasteiger partial charge in [-0.05, 0) is 26.0 Å². The van der Waals surface area contributed by atoms with Crippen LogP contribution in [0.25, 0.3) is 0 Å². The van der Waals surface area contributed by atoms with Crippen molar-refractivity contribution in [3.05, 3.63) is 35.1 Å². The smallest absolute Gasteiger partial charge is 0.311 e. The van der Waals surface area contributed by atoms with E-state index >= 15 is 0 Å². The van der Waals surface area contributed by atoms with Crippen molar-refractivity contribution in [1.82, 2.24) is 9.97 Å². The highest BCUT2D eigenvalue weighted by atomic mass is 32.1. The van der Waals surface area contributed by atoms with Crippen molar-refractivity contribution >= 4 is 28.1 Å². The maximum absolute atomic E-state index is 11.3. The van der Waals surface area contributed by atoms with Crippen LogP contribution < -0.4 is 5.32 Å². The average molecular weight is 277 g/mol. The number of carbonyl (C=O) groups excluding carboxylic acids is 1. The zero-order chi connectivity index (χ0) is 13.7. The van der Waals surface area contributed by atoms with E-state index in [1.165, 1.54) is 11.3 Å². The molecule has 2 rings (SSSR count). The van der Waals surface area contributed by atoms with Gasteiger partial charge in [-0.15, -0.1) is 11.3 Å². The number of carbonyl (C=O) groups is 1. The molecule has 0 atom stereocenters. The number of hydrogen-bond acceptors (Lipinski definition) is 6. The Hall–Kier alpha value is -1.95. The summed E-state index contributed by atoms with van der Waals surface area (Å²) < 4.78 is 4.88. The summed E-state index contributed by atoms with van der Waals surface area (Å²) in [5.41, 5.74) is 2.56. The first-order valence-electron chi connectivity index (χ1n) is 5.97. The van der Waals surface area contributed by atoms with E-state index in [0.29, 0.717) is 12.3 Å². The lowest BCUT2D eigenvalue weighted by Crippen LogP contribution is -2.07. The van der Waals surface area contributed by atoms with Gasteiger partial charge in [0.05, 0.1) is 30.6 Å². The van der Waals surface area contributed by atoms with Gasteiger partial charge < -0.3 is 10.1 Å². The van der Waals surface area contributed by atoms with Gasteiger partial charge in [0.2, 0.25) is 0 Å². The van der Waals surface area contributed by atoms with Crippen molar-refractivity contribution in [2.24, 2.45) is 0 Å². The monoisotopic (exact) mass is 277 g/mol. The van der Waals surface area contributed by atoms with E-state index in [0.717, 1.165) is 16.5 Å². The first kappa shape index (κ1) is 13.5. The fraction of sp³-hybridized carbons (Fsp3) is 0.308. The molecule has 0 saturated carbocycles. The predicted molar refractivity (Wildman–Crippen MR) is 74.7 cm³/mol. The normalized spacial score (nSPS) is 10.2. The molecule has 0 aliphatic rings. The molecule has 0 aliphatic heterocycles. The predicted octanol–water partition coefficient (Wildman–Crippen LogP) is 2.70. The van der Waals surface area contributed by atoms with E-state index in [2.05, 4.69) is 15.3 Å². The van der Waals surface area contributed by atoms with Crippen molar-refractivity contribution in [2.75, 3.05) is 11.9 Å². The molecule has 0 bridgehead atoms. The molecule has 2 heterocycles. The zero-order valence-electron chi connectivity index (χ0n) is 10.8. The van der Waals surface area contributed by atoms with Crippen LogP contribution in [-0.2, 0) is 16.0 Å². The molecule has 0 fully saturated rings. The van der Waals surface area contributed by atoms with Crippen LogP contribution in [0.5, 0.6) is 0 Å². The highest BCUT2D eigenvalue weighted by Crippen LogP contribution is 2.20. The molecule has 1 N–H and O–H groups in total. The summed E-state index contributed by atoms with van der Waals surface area (Å²) in [7, 11) is 0. The Morgan fingerprint density at radius 3 is 3.00 bits per heavy atom. The lowest BCUT2D eigenvalue weighted by Gasteiger charge is -2.01. The fourth-order valence-corrected chi connectivity index (χ4v) is 2.20. The molecule has 0 saturated heterocycles.